The highest BCUT2D eigenvalue weighted by Gasteiger charge is 2.11. The first kappa shape index (κ1) is 14.3. The van der Waals surface area contributed by atoms with Crippen LogP contribution in [0.15, 0.2) is 46.3 Å². The van der Waals surface area contributed by atoms with Gasteiger partial charge in [0, 0.05) is 11.0 Å². The summed E-state index contributed by atoms with van der Waals surface area (Å²) in [5, 5.41) is 19.6. The SMILES string of the molecule is O=C(O)c1cc(Sc2ccc([N+](=O)[O-])nc2)ccc1Cl. The van der Waals surface area contributed by atoms with Crippen molar-refractivity contribution < 1.29 is 14.8 Å². The van der Waals surface area contributed by atoms with Crippen molar-refractivity contribution in [2.45, 2.75) is 9.79 Å². The standard InChI is InChI=1S/C12H7ClN2O4S/c13-10-3-1-7(5-9(10)12(16)17)20-8-2-4-11(14-6-8)15(18)19/h1-6H,(H,16,17). The Labute approximate surface area is 122 Å². The minimum absolute atomic E-state index is 0.00605. The molecule has 0 amide bonds. The molecule has 1 N–H and O–H groups in total. The van der Waals surface area contributed by atoms with Gasteiger partial charge in [0.15, 0.2) is 6.20 Å². The summed E-state index contributed by atoms with van der Waals surface area (Å²) < 4.78 is 0. The lowest BCUT2D eigenvalue weighted by Gasteiger charge is -2.03. The summed E-state index contributed by atoms with van der Waals surface area (Å²) in [6.07, 6.45) is 1.36. The number of halogens is 1. The Kier molecular flexibility index (Phi) is 4.21. The zero-order valence-electron chi connectivity index (χ0n) is 9.82. The van der Waals surface area contributed by atoms with Gasteiger partial charge < -0.3 is 15.2 Å². The molecule has 0 bridgehead atoms. The van der Waals surface area contributed by atoms with Crippen LogP contribution in [0.3, 0.4) is 0 Å². The highest BCUT2D eigenvalue weighted by Crippen LogP contribution is 2.30. The second-order valence-corrected chi connectivity index (χ2v) is 5.21. The summed E-state index contributed by atoms with van der Waals surface area (Å²) in [5.74, 6) is -1.35. The minimum Gasteiger partial charge on any atom is -0.478 e. The van der Waals surface area contributed by atoms with E-state index in [0.29, 0.717) is 9.79 Å². The van der Waals surface area contributed by atoms with Gasteiger partial charge in [0.05, 0.1) is 15.5 Å². The molecule has 1 aromatic carbocycles. The largest absolute Gasteiger partial charge is 0.478 e. The van der Waals surface area contributed by atoms with Crippen molar-refractivity contribution in [3.63, 3.8) is 0 Å². The van der Waals surface area contributed by atoms with E-state index in [1.54, 1.807) is 12.1 Å². The molecule has 8 heteroatoms. The third-order valence-corrected chi connectivity index (χ3v) is 3.61. The van der Waals surface area contributed by atoms with Crippen molar-refractivity contribution in [1.82, 2.24) is 4.98 Å². The highest BCUT2D eigenvalue weighted by molar-refractivity contribution is 7.99. The number of carbonyl (C=O) groups is 1. The number of hydrogen-bond acceptors (Lipinski definition) is 5. The number of aromatic carboxylic acids is 1. The summed E-state index contributed by atoms with van der Waals surface area (Å²) in [6, 6.07) is 7.44. The third-order valence-electron chi connectivity index (χ3n) is 2.31. The Morgan fingerprint density at radius 2 is 2.00 bits per heavy atom. The first-order valence-corrected chi connectivity index (χ1v) is 6.48. The zero-order chi connectivity index (χ0) is 14.7. The molecule has 0 saturated carbocycles. The Morgan fingerprint density at radius 1 is 1.30 bits per heavy atom. The molecule has 20 heavy (non-hydrogen) atoms. The number of hydrogen-bond donors (Lipinski definition) is 1. The van der Waals surface area contributed by atoms with Crippen molar-refractivity contribution in [1.29, 1.82) is 0 Å². The molecule has 0 atom stereocenters. The minimum atomic E-state index is -1.11. The van der Waals surface area contributed by atoms with Crippen LogP contribution in [0.4, 0.5) is 5.82 Å². The van der Waals surface area contributed by atoms with E-state index in [9.17, 15) is 14.9 Å². The van der Waals surface area contributed by atoms with Crippen LogP contribution >= 0.6 is 23.4 Å². The molecule has 6 nitrogen and oxygen atoms in total. The molecule has 0 aliphatic rings. The van der Waals surface area contributed by atoms with Gasteiger partial charge in [-0.25, -0.2) is 4.79 Å². The van der Waals surface area contributed by atoms with Gasteiger partial charge in [-0.2, -0.15) is 0 Å². The number of pyridine rings is 1. The van der Waals surface area contributed by atoms with E-state index in [1.807, 2.05) is 0 Å². The van der Waals surface area contributed by atoms with Gasteiger partial charge in [0.1, 0.15) is 0 Å². The van der Waals surface area contributed by atoms with Crippen LogP contribution in [-0.2, 0) is 0 Å². The lowest BCUT2D eigenvalue weighted by Crippen LogP contribution is -1.97. The molecule has 0 aliphatic heterocycles. The predicted octanol–water partition coefficient (Wildman–Crippen LogP) is 3.49. The molecule has 0 aliphatic carbocycles. The molecular formula is C12H7ClN2O4S. The summed E-state index contributed by atoms with van der Waals surface area (Å²) in [4.78, 5) is 25.9. The summed E-state index contributed by atoms with van der Waals surface area (Å²) >= 11 is 7.01. The highest BCUT2D eigenvalue weighted by atomic mass is 35.5. The van der Waals surface area contributed by atoms with Crippen molar-refractivity contribution in [2.75, 3.05) is 0 Å². The van der Waals surface area contributed by atoms with Crippen LogP contribution in [0.5, 0.6) is 0 Å². The number of carboxylic acid groups (broad SMARTS) is 1. The first-order chi connectivity index (χ1) is 9.47. The van der Waals surface area contributed by atoms with Gasteiger partial charge >= 0.3 is 11.8 Å². The Bertz CT molecular complexity index is 676. The number of rotatable bonds is 4. The van der Waals surface area contributed by atoms with Crippen LogP contribution in [0.25, 0.3) is 0 Å². The molecule has 1 heterocycles. The van der Waals surface area contributed by atoms with Gasteiger partial charge in [-0.05, 0) is 34.2 Å². The zero-order valence-corrected chi connectivity index (χ0v) is 11.4. The number of benzene rings is 1. The topological polar surface area (TPSA) is 93.3 Å². The van der Waals surface area contributed by atoms with Gasteiger partial charge in [0.2, 0.25) is 0 Å². The number of nitrogens with zero attached hydrogens (tertiary/aromatic N) is 2. The van der Waals surface area contributed by atoms with Crippen LogP contribution in [0, 0.1) is 10.1 Å². The van der Waals surface area contributed by atoms with E-state index < -0.39 is 10.9 Å². The average Bonchev–Trinajstić information content (AvgIpc) is 2.41. The quantitative estimate of drug-likeness (QED) is 0.686. The fraction of sp³-hybridized carbons (Fsp3) is 0. The van der Waals surface area contributed by atoms with Crippen LogP contribution in [0.1, 0.15) is 10.4 Å². The molecule has 0 fully saturated rings. The second-order valence-electron chi connectivity index (χ2n) is 3.66. The number of nitro groups is 1. The van der Waals surface area contributed by atoms with E-state index in [2.05, 4.69) is 4.98 Å². The molecule has 1 aromatic heterocycles. The van der Waals surface area contributed by atoms with Gasteiger partial charge in [-0.1, -0.05) is 23.4 Å². The molecule has 0 radical (unpaired) electrons. The van der Waals surface area contributed by atoms with Crippen molar-refractivity contribution >= 4 is 35.1 Å². The van der Waals surface area contributed by atoms with Crippen LogP contribution in [0.2, 0.25) is 5.02 Å². The fourth-order valence-electron chi connectivity index (χ4n) is 1.41. The summed E-state index contributed by atoms with van der Waals surface area (Å²) in [6.45, 7) is 0. The molecule has 0 unspecified atom stereocenters. The van der Waals surface area contributed by atoms with Gasteiger partial charge in [-0.3, -0.25) is 0 Å². The van der Waals surface area contributed by atoms with E-state index in [1.165, 1.54) is 36.2 Å². The fourth-order valence-corrected chi connectivity index (χ4v) is 2.43. The molecule has 2 rings (SSSR count). The van der Waals surface area contributed by atoms with Gasteiger partial charge in [-0.15, -0.1) is 0 Å². The van der Waals surface area contributed by atoms with E-state index >= 15 is 0 Å². The third kappa shape index (κ3) is 3.25. The molecule has 2 aromatic rings. The van der Waals surface area contributed by atoms with E-state index in [-0.39, 0.29) is 16.4 Å². The van der Waals surface area contributed by atoms with E-state index in [4.69, 9.17) is 16.7 Å². The van der Waals surface area contributed by atoms with E-state index in [0.717, 1.165) is 0 Å². The smallest absolute Gasteiger partial charge is 0.363 e. The van der Waals surface area contributed by atoms with Crippen LogP contribution in [-0.4, -0.2) is 21.0 Å². The Balaban J connectivity index is 2.23. The van der Waals surface area contributed by atoms with Crippen molar-refractivity contribution in [3.05, 3.63) is 57.2 Å². The molecule has 0 saturated heterocycles. The van der Waals surface area contributed by atoms with Gasteiger partial charge in [0.25, 0.3) is 0 Å². The Hall–Kier alpha value is -2.12. The first-order valence-electron chi connectivity index (χ1n) is 5.28. The Morgan fingerprint density at radius 3 is 2.55 bits per heavy atom. The average molecular weight is 311 g/mol. The number of carboxylic acids is 1. The summed E-state index contributed by atoms with van der Waals surface area (Å²) in [5.41, 5.74) is 0.00605. The van der Waals surface area contributed by atoms with Crippen molar-refractivity contribution in [3.8, 4) is 0 Å². The van der Waals surface area contributed by atoms with Crippen molar-refractivity contribution in [2.24, 2.45) is 0 Å². The lowest BCUT2D eigenvalue weighted by molar-refractivity contribution is -0.389. The van der Waals surface area contributed by atoms with Crippen LogP contribution < -0.4 is 0 Å². The maximum atomic E-state index is 11.0. The maximum Gasteiger partial charge on any atom is 0.363 e. The molecular weight excluding hydrogens is 304 g/mol. The molecule has 102 valence electrons. The predicted molar refractivity (Wildman–Crippen MR) is 73.4 cm³/mol. The number of aromatic nitrogens is 1. The summed E-state index contributed by atoms with van der Waals surface area (Å²) in [7, 11) is 0. The normalized spacial score (nSPS) is 10.2. The second kappa shape index (κ2) is 5.89. The maximum absolute atomic E-state index is 11.0. The monoisotopic (exact) mass is 310 g/mol. The lowest BCUT2D eigenvalue weighted by atomic mass is 10.2. The molecule has 0 spiro atoms.